The van der Waals surface area contributed by atoms with Crippen LogP contribution in [0.1, 0.15) is 51.3 Å². The number of hydrogen-bond acceptors (Lipinski definition) is 6. The van der Waals surface area contributed by atoms with Crippen molar-refractivity contribution in [3.05, 3.63) is 45.2 Å². The highest BCUT2D eigenvalue weighted by Crippen LogP contribution is 2.45. The Morgan fingerprint density at radius 2 is 2.15 bits per heavy atom. The number of ether oxygens (including phenoxy) is 1. The van der Waals surface area contributed by atoms with E-state index in [0.29, 0.717) is 6.54 Å². The second kappa shape index (κ2) is 7.66. The molecule has 0 radical (unpaired) electrons. The van der Waals surface area contributed by atoms with Crippen molar-refractivity contribution in [2.75, 3.05) is 26.2 Å². The topological polar surface area (TPSA) is 67.3 Å². The van der Waals surface area contributed by atoms with E-state index < -0.39 is 0 Å². The van der Waals surface area contributed by atoms with Gasteiger partial charge in [-0.05, 0) is 44.4 Å². The maximum absolute atomic E-state index is 12.7. The molecule has 1 spiro atoms. The summed E-state index contributed by atoms with van der Waals surface area (Å²) < 4.78 is 6.29. The highest BCUT2D eigenvalue weighted by atomic mass is 32.1. The first-order valence-electron chi connectivity index (χ1n) is 9.65. The minimum absolute atomic E-state index is 0.0436. The van der Waals surface area contributed by atoms with Crippen LogP contribution in [0.3, 0.4) is 0 Å². The van der Waals surface area contributed by atoms with Crippen LogP contribution in [-0.4, -0.2) is 47.0 Å². The molecule has 0 unspecified atom stereocenters. The first-order valence-corrected chi connectivity index (χ1v) is 10.5. The van der Waals surface area contributed by atoms with Crippen LogP contribution in [0.5, 0.6) is 0 Å². The quantitative estimate of drug-likeness (QED) is 0.875. The SMILES string of the molecule is CCN1CCC2(CC1)OCCc1cc(C(=O)NCc3cnc(C)cn3)sc12. The van der Waals surface area contributed by atoms with Crippen molar-refractivity contribution in [3.8, 4) is 0 Å². The molecule has 1 N–H and O–H groups in total. The number of nitrogens with zero attached hydrogens (tertiary/aromatic N) is 3. The lowest BCUT2D eigenvalue weighted by Crippen LogP contribution is -2.45. The molecule has 27 heavy (non-hydrogen) atoms. The maximum atomic E-state index is 12.7. The van der Waals surface area contributed by atoms with Gasteiger partial charge in [-0.25, -0.2) is 0 Å². The maximum Gasteiger partial charge on any atom is 0.261 e. The Bertz CT molecular complexity index is 810. The second-order valence-corrected chi connectivity index (χ2v) is 8.38. The van der Waals surface area contributed by atoms with Crippen molar-refractivity contribution in [2.24, 2.45) is 0 Å². The van der Waals surface area contributed by atoms with Crippen molar-refractivity contribution in [1.29, 1.82) is 0 Å². The summed E-state index contributed by atoms with van der Waals surface area (Å²) in [5, 5.41) is 2.97. The van der Waals surface area contributed by atoms with E-state index in [1.807, 2.05) is 6.92 Å². The van der Waals surface area contributed by atoms with Crippen LogP contribution in [-0.2, 0) is 23.3 Å². The molecule has 7 heteroatoms. The second-order valence-electron chi connectivity index (χ2n) is 7.32. The van der Waals surface area contributed by atoms with E-state index in [2.05, 4.69) is 33.2 Å². The standard InChI is InChI=1S/C20H26N4O2S/c1-3-24-7-5-20(6-8-24)18-15(4-9-26-20)10-17(27-18)19(25)23-13-16-12-21-14(2)11-22-16/h10-12H,3-9,13H2,1-2H3,(H,23,25). The Balaban J connectivity index is 1.47. The van der Waals surface area contributed by atoms with E-state index in [1.54, 1.807) is 23.7 Å². The summed E-state index contributed by atoms with van der Waals surface area (Å²) in [6, 6.07) is 2.06. The van der Waals surface area contributed by atoms with Gasteiger partial charge in [0.25, 0.3) is 5.91 Å². The van der Waals surface area contributed by atoms with E-state index in [4.69, 9.17) is 4.74 Å². The number of hydrogen-bond donors (Lipinski definition) is 1. The lowest BCUT2D eigenvalue weighted by Gasteiger charge is -2.43. The molecule has 144 valence electrons. The average Bonchev–Trinajstić information content (AvgIpc) is 3.14. The third-order valence-electron chi connectivity index (χ3n) is 5.57. The molecule has 2 aromatic rings. The molecule has 0 aliphatic carbocycles. The smallest absolute Gasteiger partial charge is 0.261 e. The molecule has 0 bridgehead atoms. The summed E-state index contributed by atoms with van der Waals surface area (Å²) in [7, 11) is 0. The molecule has 4 rings (SSSR count). The van der Waals surface area contributed by atoms with E-state index in [-0.39, 0.29) is 11.5 Å². The van der Waals surface area contributed by atoms with Crippen molar-refractivity contribution < 1.29 is 9.53 Å². The Hall–Kier alpha value is -1.83. The number of likely N-dealkylation sites (tertiary alicyclic amines) is 1. The summed E-state index contributed by atoms with van der Waals surface area (Å²) in [5.41, 5.74) is 2.74. The monoisotopic (exact) mass is 386 g/mol. The zero-order chi connectivity index (χ0) is 18.9. The molecule has 2 aliphatic rings. The van der Waals surface area contributed by atoms with Gasteiger partial charge in [-0.2, -0.15) is 0 Å². The summed E-state index contributed by atoms with van der Waals surface area (Å²) in [5.74, 6) is -0.0436. The molecule has 0 aromatic carbocycles. The molecule has 1 saturated heterocycles. The van der Waals surface area contributed by atoms with E-state index in [1.165, 1.54) is 10.4 Å². The molecule has 1 fully saturated rings. The number of fused-ring (bicyclic) bond motifs is 2. The van der Waals surface area contributed by atoms with Crippen molar-refractivity contribution >= 4 is 17.2 Å². The van der Waals surface area contributed by atoms with Gasteiger partial charge >= 0.3 is 0 Å². The minimum atomic E-state index is -0.190. The number of carbonyl (C=O) groups excluding carboxylic acids is 1. The number of nitrogens with one attached hydrogen (secondary N) is 1. The molecule has 2 aromatic heterocycles. The normalized spacial score (nSPS) is 19.0. The molecule has 0 atom stereocenters. The average molecular weight is 387 g/mol. The fourth-order valence-electron chi connectivity index (χ4n) is 3.90. The third-order valence-corrected chi connectivity index (χ3v) is 6.93. The third kappa shape index (κ3) is 3.77. The first-order chi connectivity index (χ1) is 13.1. The summed E-state index contributed by atoms with van der Waals surface area (Å²) in [6.45, 7) is 8.44. The molecule has 4 heterocycles. The predicted molar refractivity (Wildman–Crippen MR) is 105 cm³/mol. The highest BCUT2D eigenvalue weighted by Gasteiger charge is 2.42. The zero-order valence-electron chi connectivity index (χ0n) is 16.0. The fraction of sp³-hybridized carbons (Fsp3) is 0.550. The van der Waals surface area contributed by atoms with Crippen LogP contribution < -0.4 is 5.32 Å². The number of aryl methyl sites for hydroxylation is 1. The van der Waals surface area contributed by atoms with Crippen LogP contribution in [0.25, 0.3) is 0 Å². The van der Waals surface area contributed by atoms with Gasteiger partial charge in [-0.1, -0.05) is 6.92 Å². The highest BCUT2D eigenvalue weighted by molar-refractivity contribution is 7.14. The van der Waals surface area contributed by atoms with Gasteiger partial charge < -0.3 is 15.0 Å². The number of amides is 1. The Morgan fingerprint density at radius 1 is 1.33 bits per heavy atom. The lowest BCUT2D eigenvalue weighted by molar-refractivity contribution is -0.0944. The Labute approximate surface area is 164 Å². The van der Waals surface area contributed by atoms with Gasteiger partial charge in [0.05, 0.1) is 35.6 Å². The van der Waals surface area contributed by atoms with Crippen LogP contribution in [0.2, 0.25) is 0 Å². The Morgan fingerprint density at radius 3 is 2.85 bits per heavy atom. The van der Waals surface area contributed by atoms with E-state index in [0.717, 1.165) is 61.8 Å². The van der Waals surface area contributed by atoms with Crippen molar-refractivity contribution in [1.82, 2.24) is 20.2 Å². The van der Waals surface area contributed by atoms with E-state index in [9.17, 15) is 4.79 Å². The number of carbonyl (C=O) groups is 1. The summed E-state index contributed by atoms with van der Waals surface area (Å²) >= 11 is 1.60. The molecular weight excluding hydrogens is 360 g/mol. The number of thiophene rings is 1. The van der Waals surface area contributed by atoms with Gasteiger partial charge in [0, 0.05) is 24.2 Å². The summed E-state index contributed by atoms with van der Waals surface area (Å²) in [4.78, 5) is 25.7. The molecule has 0 saturated carbocycles. The number of aromatic nitrogens is 2. The summed E-state index contributed by atoms with van der Waals surface area (Å²) in [6.07, 6.45) is 6.33. The van der Waals surface area contributed by atoms with Gasteiger partial charge in [0.1, 0.15) is 5.60 Å². The van der Waals surface area contributed by atoms with Crippen LogP contribution in [0.15, 0.2) is 18.5 Å². The van der Waals surface area contributed by atoms with Crippen LogP contribution >= 0.6 is 11.3 Å². The molecule has 2 aliphatic heterocycles. The van der Waals surface area contributed by atoms with Gasteiger partial charge in [0.2, 0.25) is 0 Å². The van der Waals surface area contributed by atoms with Crippen molar-refractivity contribution in [3.63, 3.8) is 0 Å². The molecule has 1 amide bonds. The minimum Gasteiger partial charge on any atom is -0.369 e. The van der Waals surface area contributed by atoms with Crippen LogP contribution in [0, 0.1) is 6.92 Å². The molecular formula is C20H26N4O2S. The zero-order valence-corrected chi connectivity index (χ0v) is 16.8. The number of piperidine rings is 1. The first kappa shape index (κ1) is 18.5. The predicted octanol–water partition coefficient (Wildman–Crippen LogP) is 2.66. The van der Waals surface area contributed by atoms with Gasteiger partial charge in [0.15, 0.2) is 0 Å². The van der Waals surface area contributed by atoms with Gasteiger partial charge in [-0.3, -0.25) is 14.8 Å². The van der Waals surface area contributed by atoms with Crippen LogP contribution in [0.4, 0.5) is 0 Å². The molecule has 6 nitrogen and oxygen atoms in total. The lowest BCUT2D eigenvalue weighted by atomic mass is 9.85. The van der Waals surface area contributed by atoms with E-state index >= 15 is 0 Å². The Kier molecular flexibility index (Phi) is 5.25. The van der Waals surface area contributed by atoms with Gasteiger partial charge in [-0.15, -0.1) is 11.3 Å². The fourth-order valence-corrected chi connectivity index (χ4v) is 5.23. The van der Waals surface area contributed by atoms with Crippen molar-refractivity contribution in [2.45, 2.75) is 45.3 Å². The number of rotatable bonds is 4. The largest absolute Gasteiger partial charge is 0.369 e.